The summed E-state index contributed by atoms with van der Waals surface area (Å²) in [6.45, 7) is 5.49. The molecule has 0 amide bonds. The van der Waals surface area contributed by atoms with Gasteiger partial charge in [0.25, 0.3) is 0 Å². The Hall–Kier alpha value is -0.780. The Kier molecular flexibility index (Phi) is 8.07. The summed E-state index contributed by atoms with van der Waals surface area (Å²) < 4.78 is 0. The van der Waals surface area contributed by atoms with Crippen LogP contribution in [0.25, 0.3) is 0 Å². The molecule has 0 spiro atoms. The Labute approximate surface area is 146 Å². The number of nitrogens with zero attached hydrogens (tertiary/aromatic N) is 1. The zero-order valence-corrected chi connectivity index (χ0v) is 15.6. The van der Waals surface area contributed by atoms with Crippen molar-refractivity contribution in [3.63, 3.8) is 0 Å². The van der Waals surface area contributed by atoms with Gasteiger partial charge < -0.3 is 10.6 Å². The summed E-state index contributed by atoms with van der Waals surface area (Å²) in [6, 6.07) is 11.0. The third-order valence-corrected chi connectivity index (χ3v) is 4.21. The lowest BCUT2D eigenvalue weighted by atomic mass is 9.94. The van der Waals surface area contributed by atoms with Crippen LogP contribution in [-0.4, -0.2) is 25.6 Å². The fourth-order valence-electron chi connectivity index (χ4n) is 2.38. The van der Waals surface area contributed by atoms with Crippen LogP contribution in [0.1, 0.15) is 44.6 Å². The molecule has 2 rings (SSSR count). The number of guanidine groups is 1. The van der Waals surface area contributed by atoms with E-state index in [1.807, 2.05) is 7.05 Å². The maximum Gasteiger partial charge on any atom is 0.191 e. The summed E-state index contributed by atoms with van der Waals surface area (Å²) in [7, 11) is 1.84. The van der Waals surface area contributed by atoms with Crippen LogP contribution < -0.4 is 10.6 Å². The molecule has 1 aromatic rings. The van der Waals surface area contributed by atoms with Crippen LogP contribution >= 0.6 is 24.0 Å². The van der Waals surface area contributed by atoms with Gasteiger partial charge in [-0.05, 0) is 24.8 Å². The van der Waals surface area contributed by atoms with Gasteiger partial charge in [-0.25, -0.2) is 0 Å². The van der Waals surface area contributed by atoms with Crippen LogP contribution in [0, 0.1) is 5.92 Å². The lowest BCUT2D eigenvalue weighted by molar-refractivity contribution is 0.547. The van der Waals surface area contributed by atoms with Gasteiger partial charge in [0.15, 0.2) is 5.96 Å². The molecule has 0 aromatic heterocycles. The highest BCUT2D eigenvalue weighted by atomic mass is 127. The summed E-state index contributed by atoms with van der Waals surface area (Å²) in [5.41, 5.74) is 1.36. The van der Waals surface area contributed by atoms with Crippen LogP contribution in [0.4, 0.5) is 0 Å². The lowest BCUT2D eigenvalue weighted by Crippen LogP contribution is -2.44. The van der Waals surface area contributed by atoms with Crippen molar-refractivity contribution in [2.24, 2.45) is 10.9 Å². The molecular weight excluding hydrogens is 373 g/mol. The number of rotatable bonds is 6. The van der Waals surface area contributed by atoms with Crippen LogP contribution in [0.15, 0.2) is 35.3 Å². The summed E-state index contributed by atoms with van der Waals surface area (Å²) in [5, 5.41) is 6.91. The quantitative estimate of drug-likeness (QED) is 0.433. The Bertz CT molecular complexity index is 429. The third-order valence-electron chi connectivity index (χ3n) is 4.21. The van der Waals surface area contributed by atoms with Crippen molar-refractivity contribution in [3.05, 3.63) is 35.9 Å². The molecule has 2 unspecified atom stereocenters. The van der Waals surface area contributed by atoms with Crippen LogP contribution in [0.3, 0.4) is 0 Å². The number of benzene rings is 1. The zero-order valence-electron chi connectivity index (χ0n) is 13.3. The Morgan fingerprint density at radius 2 is 1.90 bits per heavy atom. The first-order valence-corrected chi connectivity index (χ1v) is 7.73. The second kappa shape index (κ2) is 9.28. The first-order chi connectivity index (χ1) is 9.70. The van der Waals surface area contributed by atoms with Gasteiger partial charge in [0.05, 0.1) is 0 Å². The highest BCUT2D eigenvalue weighted by molar-refractivity contribution is 14.0. The Balaban J connectivity index is 0.00000220. The molecule has 1 aromatic carbocycles. The molecule has 3 nitrogen and oxygen atoms in total. The van der Waals surface area contributed by atoms with Gasteiger partial charge in [-0.15, -0.1) is 24.0 Å². The van der Waals surface area contributed by atoms with Gasteiger partial charge in [-0.3, -0.25) is 4.99 Å². The standard InChI is InChI=1S/C17H27N3.HI/c1-13(16-7-5-4-6-8-16)14(2)20-17(18-3)19-12-11-15-9-10-15;/h4-8,13-15H,9-12H2,1-3H3,(H2,18,19,20);1H. The number of nitrogens with one attached hydrogen (secondary N) is 2. The fraction of sp³-hybridized carbons (Fsp3) is 0.588. The molecule has 1 fully saturated rings. The molecule has 0 saturated heterocycles. The molecule has 4 heteroatoms. The molecule has 2 atom stereocenters. The van der Waals surface area contributed by atoms with Crippen molar-refractivity contribution in [3.8, 4) is 0 Å². The first kappa shape index (κ1) is 18.3. The molecule has 21 heavy (non-hydrogen) atoms. The van der Waals surface area contributed by atoms with Gasteiger partial charge in [0, 0.05) is 25.6 Å². The van der Waals surface area contributed by atoms with Gasteiger partial charge in [0.1, 0.15) is 0 Å². The predicted molar refractivity (Wildman–Crippen MR) is 102 cm³/mol. The monoisotopic (exact) mass is 401 g/mol. The molecule has 2 N–H and O–H groups in total. The summed E-state index contributed by atoms with van der Waals surface area (Å²) in [5.74, 6) is 2.33. The highest BCUT2D eigenvalue weighted by Gasteiger charge is 2.20. The Morgan fingerprint density at radius 3 is 2.48 bits per heavy atom. The lowest BCUT2D eigenvalue weighted by Gasteiger charge is -2.24. The number of hydrogen-bond acceptors (Lipinski definition) is 1. The highest BCUT2D eigenvalue weighted by Crippen LogP contribution is 2.31. The molecule has 1 aliphatic rings. The number of hydrogen-bond donors (Lipinski definition) is 2. The van der Waals surface area contributed by atoms with E-state index >= 15 is 0 Å². The van der Waals surface area contributed by atoms with Crippen molar-refractivity contribution >= 4 is 29.9 Å². The molecule has 0 bridgehead atoms. The van der Waals surface area contributed by atoms with Gasteiger partial charge in [0.2, 0.25) is 0 Å². The van der Waals surface area contributed by atoms with Gasteiger partial charge in [-0.1, -0.05) is 50.1 Å². The predicted octanol–water partition coefficient (Wildman–Crippen LogP) is 3.76. The molecular formula is C17H28IN3. The average Bonchev–Trinajstić information content (AvgIpc) is 3.30. The molecule has 0 radical (unpaired) electrons. The van der Waals surface area contributed by atoms with E-state index < -0.39 is 0 Å². The van der Waals surface area contributed by atoms with Crippen molar-refractivity contribution in [1.82, 2.24) is 10.6 Å². The van der Waals surface area contributed by atoms with E-state index in [4.69, 9.17) is 0 Å². The topological polar surface area (TPSA) is 36.4 Å². The second-order valence-electron chi connectivity index (χ2n) is 5.86. The zero-order chi connectivity index (χ0) is 14.4. The summed E-state index contributed by atoms with van der Waals surface area (Å²) in [6.07, 6.45) is 4.09. The minimum atomic E-state index is 0. The van der Waals surface area contributed by atoms with E-state index in [1.165, 1.54) is 24.8 Å². The molecule has 1 aliphatic carbocycles. The fourth-order valence-corrected chi connectivity index (χ4v) is 2.38. The van der Waals surface area contributed by atoms with E-state index in [9.17, 15) is 0 Å². The summed E-state index contributed by atoms with van der Waals surface area (Å²) in [4.78, 5) is 4.32. The van der Waals surface area contributed by atoms with E-state index in [1.54, 1.807) is 0 Å². The molecule has 0 aliphatic heterocycles. The minimum absolute atomic E-state index is 0. The van der Waals surface area contributed by atoms with E-state index in [0.29, 0.717) is 12.0 Å². The number of aliphatic imine (C=N–C) groups is 1. The minimum Gasteiger partial charge on any atom is -0.356 e. The van der Waals surface area contributed by atoms with Crippen molar-refractivity contribution in [1.29, 1.82) is 0 Å². The maximum absolute atomic E-state index is 4.32. The molecule has 0 heterocycles. The first-order valence-electron chi connectivity index (χ1n) is 7.73. The molecule has 1 saturated carbocycles. The van der Waals surface area contributed by atoms with Crippen LogP contribution in [0.2, 0.25) is 0 Å². The summed E-state index contributed by atoms with van der Waals surface area (Å²) >= 11 is 0. The van der Waals surface area contributed by atoms with Crippen molar-refractivity contribution < 1.29 is 0 Å². The molecule has 118 valence electrons. The van der Waals surface area contributed by atoms with Gasteiger partial charge in [-0.2, -0.15) is 0 Å². The normalized spacial score (nSPS) is 17.6. The van der Waals surface area contributed by atoms with E-state index in [0.717, 1.165) is 18.4 Å². The van der Waals surface area contributed by atoms with Crippen LogP contribution in [-0.2, 0) is 0 Å². The largest absolute Gasteiger partial charge is 0.356 e. The smallest absolute Gasteiger partial charge is 0.191 e. The van der Waals surface area contributed by atoms with Crippen molar-refractivity contribution in [2.75, 3.05) is 13.6 Å². The average molecular weight is 401 g/mol. The van der Waals surface area contributed by atoms with Crippen molar-refractivity contribution in [2.45, 2.75) is 45.1 Å². The SMILES string of the molecule is CN=C(NCCC1CC1)NC(C)C(C)c1ccccc1.I. The van der Waals surface area contributed by atoms with Gasteiger partial charge >= 0.3 is 0 Å². The number of halogens is 1. The second-order valence-corrected chi connectivity index (χ2v) is 5.86. The van der Waals surface area contributed by atoms with E-state index in [2.05, 4.69) is 59.8 Å². The Morgan fingerprint density at radius 1 is 1.24 bits per heavy atom. The maximum atomic E-state index is 4.32. The van der Waals surface area contributed by atoms with Crippen LogP contribution in [0.5, 0.6) is 0 Å². The third kappa shape index (κ3) is 6.24. The van der Waals surface area contributed by atoms with E-state index in [-0.39, 0.29) is 24.0 Å².